The molecule has 0 radical (unpaired) electrons. The van der Waals surface area contributed by atoms with E-state index in [4.69, 9.17) is 4.53 Å². The number of carbonyl (C=O) groups is 2. The van der Waals surface area contributed by atoms with Crippen LogP contribution in [0.15, 0.2) is 24.3 Å². The molecule has 2 amide bonds. The van der Waals surface area contributed by atoms with E-state index in [1.54, 1.807) is 24.3 Å². The highest BCUT2D eigenvalue weighted by molar-refractivity contribution is 6.74. The van der Waals surface area contributed by atoms with Crippen LogP contribution in [0, 0.1) is 0 Å². The fourth-order valence-electron chi connectivity index (χ4n) is 1.62. The molecule has 0 spiro atoms. The van der Waals surface area contributed by atoms with Gasteiger partial charge in [0, 0.05) is 0 Å². The highest BCUT2D eigenvalue weighted by atomic mass is 28.4. The molecule has 0 aliphatic carbocycles. The molecule has 1 aromatic carbocycles. The first kappa shape index (κ1) is 14.0. The molecule has 1 aromatic rings. The highest BCUT2D eigenvalue weighted by Gasteiger charge is 2.45. The smallest absolute Gasteiger partial charge is 0.284 e. The molecular formula is C14H19NO3Si. The van der Waals surface area contributed by atoms with Gasteiger partial charge in [-0.15, -0.1) is 0 Å². The maximum Gasteiger partial charge on any atom is 0.284 e. The summed E-state index contributed by atoms with van der Waals surface area (Å²) in [5, 5.41) is 0.879. The molecule has 1 aliphatic heterocycles. The molecule has 0 N–H and O–H groups in total. The Morgan fingerprint density at radius 3 is 1.79 bits per heavy atom. The summed E-state index contributed by atoms with van der Waals surface area (Å²) in [5.74, 6) is -0.712. The number of nitrogens with zero attached hydrogens (tertiary/aromatic N) is 1. The zero-order chi connectivity index (χ0) is 14.4. The highest BCUT2D eigenvalue weighted by Crippen LogP contribution is 2.38. The van der Waals surface area contributed by atoms with Crippen molar-refractivity contribution in [3.8, 4) is 0 Å². The summed E-state index contributed by atoms with van der Waals surface area (Å²) >= 11 is 0. The van der Waals surface area contributed by atoms with Gasteiger partial charge in [-0.1, -0.05) is 32.9 Å². The van der Waals surface area contributed by atoms with E-state index in [1.807, 2.05) is 13.1 Å². The zero-order valence-electron chi connectivity index (χ0n) is 12.0. The normalized spacial score (nSPS) is 15.9. The summed E-state index contributed by atoms with van der Waals surface area (Å²) < 4.78 is 5.84. The van der Waals surface area contributed by atoms with Crippen molar-refractivity contribution in [3.63, 3.8) is 0 Å². The summed E-state index contributed by atoms with van der Waals surface area (Å²) in [4.78, 5) is 24.4. The van der Waals surface area contributed by atoms with Crippen molar-refractivity contribution < 1.29 is 14.1 Å². The number of hydrogen-bond donors (Lipinski definition) is 0. The van der Waals surface area contributed by atoms with Crippen LogP contribution in [-0.2, 0) is 4.53 Å². The van der Waals surface area contributed by atoms with Crippen LogP contribution >= 0.6 is 0 Å². The standard InChI is InChI=1S/C14H19NO3Si/c1-14(2,3)19(4,5)18-15-12(16)10-8-6-7-9-11(10)13(15)17/h6-9H,1-5H3. The zero-order valence-corrected chi connectivity index (χ0v) is 13.0. The first-order chi connectivity index (χ1) is 8.65. The lowest BCUT2D eigenvalue weighted by Gasteiger charge is -2.37. The van der Waals surface area contributed by atoms with Gasteiger partial charge in [0.05, 0.1) is 11.1 Å². The largest absolute Gasteiger partial charge is 0.310 e. The average molecular weight is 277 g/mol. The molecular weight excluding hydrogens is 258 g/mol. The summed E-state index contributed by atoms with van der Waals surface area (Å²) in [5.41, 5.74) is 0.845. The van der Waals surface area contributed by atoms with Gasteiger partial charge in [-0.2, -0.15) is 5.06 Å². The van der Waals surface area contributed by atoms with Gasteiger partial charge in [0.2, 0.25) is 8.32 Å². The quantitative estimate of drug-likeness (QED) is 0.616. The van der Waals surface area contributed by atoms with Gasteiger partial charge in [-0.3, -0.25) is 9.59 Å². The molecule has 1 heterocycles. The fraction of sp³-hybridized carbons (Fsp3) is 0.429. The van der Waals surface area contributed by atoms with Crippen molar-refractivity contribution in [2.24, 2.45) is 0 Å². The Morgan fingerprint density at radius 1 is 1.00 bits per heavy atom. The first-order valence-electron chi connectivity index (χ1n) is 6.32. The molecule has 0 saturated carbocycles. The molecule has 19 heavy (non-hydrogen) atoms. The monoisotopic (exact) mass is 277 g/mol. The number of carbonyl (C=O) groups excluding carboxylic acids is 2. The second-order valence-electron chi connectivity index (χ2n) is 6.30. The third kappa shape index (κ3) is 2.24. The fourth-order valence-corrected chi connectivity index (χ4v) is 2.51. The van der Waals surface area contributed by atoms with E-state index in [2.05, 4.69) is 20.8 Å². The summed E-state index contributed by atoms with van der Waals surface area (Å²) in [6.07, 6.45) is 0. The number of amides is 2. The second-order valence-corrected chi connectivity index (χ2v) is 11.0. The van der Waals surface area contributed by atoms with Gasteiger partial charge in [-0.25, -0.2) is 0 Å². The van der Waals surface area contributed by atoms with E-state index in [1.165, 1.54) is 0 Å². The first-order valence-corrected chi connectivity index (χ1v) is 9.23. The van der Waals surface area contributed by atoms with Crippen LogP contribution in [0.4, 0.5) is 0 Å². The van der Waals surface area contributed by atoms with Gasteiger partial charge < -0.3 is 4.53 Å². The van der Waals surface area contributed by atoms with Crippen LogP contribution in [0.1, 0.15) is 41.5 Å². The predicted octanol–water partition coefficient (Wildman–Crippen LogP) is 3.22. The van der Waals surface area contributed by atoms with E-state index in [0.717, 1.165) is 5.06 Å². The number of fused-ring (bicyclic) bond motifs is 1. The van der Waals surface area contributed by atoms with Crippen molar-refractivity contribution in [2.45, 2.75) is 38.9 Å². The molecule has 4 nitrogen and oxygen atoms in total. The van der Waals surface area contributed by atoms with Crippen molar-refractivity contribution in [3.05, 3.63) is 35.4 Å². The lowest BCUT2D eigenvalue weighted by atomic mass is 10.1. The Hall–Kier alpha value is -1.46. The molecule has 0 fully saturated rings. The van der Waals surface area contributed by atoms with E-state index in [9.17, 15) is 9.59 Å². The van der Waals surface area contributed by atoms with Crippen molar-refractivity contribution >= 4 is 20.1 Å². The lowest BCUT2D eigenvalue weighted by molar-refractivity contribution is -0.0230. The topological polar surface area (TPSA) is 46.6 Å². The van der Waals surface area contributed by atoms with Gasteiger partial charge in [0.1, 0.15) is 0 Å². The summed E-state index contributed by atoms with van der Waals surface area (Å²) in [7, 11) is -2.21. The Balaban J connectivity index is 2.31. The second kappa shape index (κ2) is 4.28. The van der Waals surface area contributed by atoms with E-state index >= 15 is 0 Å². The Bertz CT molecular complexity index is 511. The van der Waals surface area contributed by atoms with Crippen LogP contribution in [0.25, 0.3) is 0 Å². The molecule has 0 aromatic heterocycles. The molecule has 0 atom stereocenters. The Morgan fingerprint density at radius 2 is 1.42 bits per heavy atom. The maximum absolute atomic E-state index is 12.2. The third-order valence-corrected chi connectivity index (χ3v) is 8.13. The van der Waals surface area contributed by atoms with Gasteiger partial charge >= 0.3 is 0 Å². The molecule has 5 heteroatoms. The SMILES string of the molecule is CC(C)(C)[Si](C)(C)ON1C(=O)c2ccccc2C1=O. The number of imide groups is 1. The van der Waals surface area contributed by atoms with Gasteiger partial charge in [0.25, 0.3) is 11.8 Å². The van der Waals surface area contributed by atoms with Crippen LogP contribution in [-0.4, -0.2) is 25.2 Å². The van der Waals surface area contributed by atoms with Crippen LogP contribution in [0.5, 0.6) is 0 Å². The van der Waals surface area contributed by atoms with Crippen LogP contribution in [0.3, 0.4) is 0 Å². The molecule has 0 bridgehead atoms. The van der Waals surface area contributed by atoms with Crippen molar-refractivity contribution in [1.29, 1.82) is 0 Å². The van der Waals surface area contributed by atoms with E-state index in [-0.39, 0.29) is 16.9 Å². The number of rotatable bonds is 2. The van der Waals surface area contributed by atoms with Crippen molar-refractivity contribution in [1.82, 2.24) is 5.06 Å². The summed E-state index contributed by atoms with van der Waals surface area (Å²) in [6.45, 7) is 10.2. The molecule has 102 valence electrons. The molecule has 1 aliphatic rings. The van der Waals surface area contributed by atoms with Gasteiger partial charge in [-0.05, 0) is 30.3 Å². The molecule has 2 rings (SSSR count). The summed E-state index contributed by atoms with van der Waals surface area (Å²) in [6, 6.07) is 6.81. The van der Waals surface area contributed by atoms with E-state index in [0.29, 0.717) is 11.1 Å². The Labute approximate surface area is 114 Å². The number of hydrogen-bond acceptors (Lipinski definition) is 3. The number of benzene rings is 1. The number of hydroxylamine groups is 2. The average Bonchev–Trinajstić information content (AvgIpc) is 2.54. The molecule has 0 unspecified atom stereocenters. The third-order valence-electron chi connectivity index (χ3n) is 3.88. The van der Waals surface area contributed by atoms with Crippen LogP contribution < -0.4 is 0 Å². The van der Waals surface area contributed by atoms with E-state index < -0.39 is 8.32 Å². The van der Waals surface area contributed by atoms with Gasteiger partial charge in [0.15, 0.2) is 0 Å². The lowest BCUT2D eigenvalue weighted by Crippen LogP contribution is -2.48. The molecule has 0 saturated heterocycles. The Kier molecular flexibility index (Phi) is 3.14. The minimum Gasteiger partial charge on any atom is -0.310 e. The minimum atomic E-state index is -2.21. The van der Waals surface area contributed by atoms with Crippen molar-refractivity contribution in [2.75, 3.05) is 0 Å². The predicted molar refractivity (Wildman–Crippen MR) is 75.2 cm³/mol. The minimum absolute atomic E-state index is 0.0671. The maximum atomic E-state index is 12.2. The van der Waals surface area contributed by atoms with Crippen LogP contribution in [0.2, 0.25) is 18.1 Å².